The first-order valence-electron chi connectivity index (χ1n) is 8.67. The van der Waals surface area contributed by atoms with Crippen molar-refractivity contribution in [2.24, 2.45) is 0 Å². The molecular weight excluding hydrogens is 363 g/mol. The first-order valence-corrected chi connectivity index (χ1v) is 10.3. The summed E-state index contributed by atoms with van der Waals surface area (Å²) in [7, 11) is -3.47. The van der Waals surface area contributed by atoms with E-state index in [1.54, 1.807) is 23.1 Å². The van der Waals surface area contributed by atoms with Crippen molar-refractivity contribution in [2.75, 3.05) is 51.8 Å². The molecule has 2 saturated heterocycles. The molecule has 3 rings (SSSR count). The van der Waals surface area contributed by atoms with E-state index in [-0.39, 0.29) is 30.4 Å². The molecule has 2 aliphatic rings. The van der Waals surface area contributed by atoms with E-state index in [0.717, 1.165) is 0 Å². The molecule has 0 saturated carbocycles. The molecule has 0 radical (unpaired) electrons. The number of ether oxygens (including phenoxy) is 2. The lowest BCUT2D eigenvalue weighted by atomic mass is 10.1. The summed E-state index contributed by atoms with van der Waals surface area (Å²) in [4.78, 5) is 14.0. The highest BCUT2D eigenvalue weighted by Gasteiger charge is 2.29. The molecule has 0 N–H and O–H groups in total. The molecule has 0 bridgehead atoms. The zero-order valence-corrected chi connectivity index (χ0v) is 15.3. The summed E-state index contributed by atoms with van der Waals surface area (Å²) in [5, 5.41) is 0. The van der Waals surface area contributed by atoms with Crippen molar-refractivity contribution < 1.29 is 27.1 Å². The number of rotatable bonds is 5. The Morgan fingerprint density at radius 1 is 1.15 bits per heavy atom. The van der Waals surface area contributed by atoms with Crippen LogP contribution in [0.4, 0.5) is 4.39 Å². The number of hydrogen-bond donors (Lipinski definition) is 0. The van der Waals surface area contributed by atoms with Gasteiger partial charge in [-0.1, -0.05) is 18.2 Å². The number of carbonyl (C=O) groups excluding carboxylic acids is 1. The summed E-state index contributed by atoms with van der Waals surface area (Å²) in [5.41, 5.74) is 0.408. The van der Waals surface area contributed by atoms with Gasteiger partial charge in [-0.2, -0.15) is 4.31 Å². The number of hydrogen-bond acceptors (Lipinski definition) is 5. The molecular formula is C17H23FN2O5S. The zero-order valence-electron chi connectivity index (χ0n) is 14.5. The Hall–Kier alpha value is -1.55. The van der Waals surface area contributed by atoms with Crippen LogP contribution in [0.2, 0.25) is 0 Å². The van der Waals surface area contributed by atoms with Gasteiger partial charge in [0.25, 0.3) is 0 Å². The van der Waals surface area contributed by atoms with Gasteiger partial charge in [-0.05, 0) is 6.07 Å². The van der Waals surface area contributed by atoms with Crippen LogP contribution in [0.1, 0.15) is 18.1 Å². The van der Waals surface area contributed by atoms with Crippen LogP contribution < -0.4 is 0 Å². The number of morpholine rings is 2. The third kappa shape index (κ3) is 4.59. The molecule has 2 fully saturated rings. The summed E-state index contributed by atoms with van der Waals surface area (Å²) in [6.07, 6.45) is -0.631. The van der Waals surface area contributed by atoms with E-state index in [4.69, 9.17) is 9.47 Å². The monoisotopic (exact) mass is 386 g/mol. The number of carbonyl (C=O) groups is 1. The van der Waals surface area contributed by atoms with Crippen LogP contribution in [-0.4, -0.2) is 75.3 Å². The van der Waals surface area contributed by atoms with Crippen LogP contribution in [0.15, 0.2) is 24.3 Å². The second-order valence-corrected chi connectivity index (χ2v) is 8.39. The first kappa shape index (κ1) is 19.2. The summed E-state index contributed by atoms with van der Waals surface area (Å²) >= 11 is 0. The van der Waals surface area contributed by atoms with Crippen molar-refractivity contribution >= 4 is 15.9 Å². The van der Waals surface area contributed by atoms with E-state index in [1.165, 1.54) is 10.4 Å². The zero-order chi connectivity index (χ0) is 18.6. The molecule has 2 heterocycles. The maximum absolute atomic E-state index is 13.9. The summed E-state index contributed by atoms with van der Waals surface area (Å²) in [6.45, 7) is 2.29. The normalized spacial score (nSPS) is 22.3. The fourth-order valence-corrected chi connectivity index (χ4v) is 4.52. The van der Waals surface area contributed by atoms with Crippen molar-refractivity contribution in [1.82, 2.24) is 9.21 Å². The Bertz CT molecular complexity index is 736. The molecule has 7 nitrogen and oxygen atoms in total. The smallest absolute Gasteiger partial charge is 0.223 e. The molecule has 0 aliphatic carbocycles. The number of amides is 1. The lowest BCUT2D eigenvalue weighted by Gasteiger charge is -2.33. The Morgan fingerprint density at radius 2 is 1.88 bits per heavy atom. The SMILES string of the molecule is O=C(CCS(=O)(=O)N1CCOCC1)N1CCOC(c2ccccc2F)C1. The van der Waals surface area contributed by atoms with E-state index in [2.05, 4.69) is 0 Å². The average Bonchev–Trinajstić information content (AvgIpc) is 2.67. The third-order valence-electron chi connectivity index (χ3n) is 4.61. The van der Waals surface area contributed by atoms with E-state index < -0.39 is 16.1 Å². The van der Waals surface area contributed by atoms with Gasteiger partial charge in [0.1, 0.15) is 11.9 Å². The number of sulfonamides is 1. The highest BCUT2D eigenvalue weighted by molar-refractivity contribution is 7.89. The third-order valence-corrected chi connectivity index (χ3v) is 6.48. The van der Waals surface area contributed by atoms with Gasteiger partial charge >= 0.3 is 0 Å². The summed E-state index contributed by atoms with van der Waals surface area (Å²) in [6, 6.07) is 6.31. The average molecular weight is 386 g/mol. The highest BCUT2D eigenvalue weighted by atomic mass is 32.2. The van der Waals surface area contributed by atoms with Gasteiger partial charge in [0, 0.05) is 31.6 Å². The van der Waals surface area contributed by atoms with Crippen LogP contribution >= 0.6 is 0 Å². The van der Waals surface area contributed by atoms with Gasteiger partial charge < -0.3 is 14.4 Å². The topological polar surface area (TPSA) is 76.2 Å². The predicted octanol–water partition coefficient (Wildman–Crippen LogP) is 0.778. The Kier molecular flexibility index (Phi) is 6.23. The van der Waals surface area contributed by atoms with Crippen LogP contribution in [0.5, 0.6) is 0 Å². The molecule has 26 heavy (non-hydrogen) atoms. The van der Waals surface area contributed by atoms with Gasteiger partial charge in [0.05, 0.1) is 32.1 Å². The maximum atomic E-state index is 13.9. The van der Waals surface area contributed by atoms with Gasteiger partial charge in [0.15, 0.2) is 0 Å². The van der Waals surface area contributed by atoms with Crippen molar-refractivity contribution in [3.05, 3.63) is 35.6 Å². The van der Waals surface area contributed by atoms with E-state index in [0.29, 0.717) is 45.0 Å². The van der Waals surface area contributed by atoms with Crippen LogP contribution in [-0.2, 0) is 24.3 Å². The maximum Gasteiger partial charge on any atom is 0.223 e. The Balaban J connectivity index is 1.57. The summed E-state index contributed by atoms with van der Waals surface area (Å²) < 4.78 is 50.7. The lowest BCUT2D eigenvalue weighted by Crippen LogP contribution is -2.45. The molecule has 1 aromatic carbocycles. The molecule has 0 aromatic heterocycles. The molecule has 2 aliphatic heterocycles. The quantitative estimate of drug-likeness (QED) is 0.748. The number of halogens is 1. The van der Waals surface area contributed by atoms with Gasteiger partial charge in [-0.3, -0.25) is 4.79 Å². The van der Waals surface area contributed by atoms with Crippen molar-refractivity contribution in [3.63, 3.8) is 0 Å². The van der Waals surface area contributed by atoms with Gasteiger partial charge in [-0.15, -0.1) is 0 Å². The van der Waals surface area contributed by atoms with Crippen molar-refractivity contribution in [2.45, 2.75) is 12.5 Å². The molecule has 1 atom stereocenters. The fourth-order valence-electron chi connectivity index (χ4n) is 3.13. The van der Waals surface area contributed by atoms with Gasteiger partial charge in [0.2, 0.25) is 15.9 Å². The van der Waals surface area contributed by atoms with Crippen molar-refractivity contribution in [3.8, 4) is 0 Å². The first-order chi connectivity index (χ1) is 12.5. The summed E-state index contributed by atoms with van der Waals surface area (Å²) in [5.74, 6) is -0.860. The second kappa shape index (κ2) is 8.43. The van der Waals surface area contributed by atoms with Gasteiger partial charge in [-0.25, -0.2) is 12.8 Å². The molecule has 0 spiro atoms. The van der Waals surface area contributed by atoms with Crippen LogP contribution in [0, 0.1) is 5.82 Å². The van der Waals surface area contributed by atoms with Crippen molar-refractivity contribution in [1.29, 1.82) is 0 Å². The highest BCUT2D eigenvalue weighted by Crippen LogP contribution is 2.25. The molecule has 9 heteroatoms. The lowest BCUT2D eigenvalue weighted by molar-refractivity contribution is -0.138. The van der Waals surface area contributed by atoms with Crippen LogP contribution in [0.3, 0.4) is 0 Å². The molecule has 1 unspecified atom stereocenters. The fraction of sp³-hybridized carbons (Fsp3) is 0.588. The molecule has 144 valence electrons. The number of nitrogens with zero attached hydrogens (tertiary/aromatic N) is 2. The minimum absolute atomic E-state index is 0.0936. The van der Waals surface area contributed by atoms with E-state index >= 15 is 0 Å². The van der Waals surface area contributed by atoms with E-state index in [1.807, 2.05) is 0 Å². The predicted molar refractivity (Wildman–Crippen MR) is 92.5 cm³/mol. The number of benzene rings is 1. The van der Waals surface area contributed by atoms with E-state index in [9.17, 15) is 17.6 Å². The minimum atomic E-state index is -3.47. The Morgan fingerprint density at radius 3 is 2.62 bits per heavy atom. The molecule has 1 amide bonds. The molecule has 1 aromatic rings. The minimum Gasteiger partial charge on any atom is -0.379 e. The largest absolute Gasteiger partial charge is 0.379 e. The van der Waals surface area contributed by atoms with Crippen LogP contribution in [0.25, 0.3) is 0 Å². The second-order valence-electron chi connectivity index (χ2n) is 6.30. The Labute approximate surface area is 152 Å². The standard InChI is InChI=1S/C17H23FN2O5S/c18-15-4-2-1-3-14(15)16-13-19(6-11-25-16)17(21)5-12-26(22,23)20-7-9-24-10-8-20/h1-4,16H,5-13H2.